The number of aromatic amines is 2. The normalized spacial score (nSPS) is 13.5. The summed E-state index contributed by atoms with van der Waals surface area (Å²) in [6.07, 6.45) is 0.0449. The highest BCUT2D eigenvalue weighted by atomic mass is 31.2. The standard InChI is InChI=1S/C12H18N2O8P2/c15-11-13-9-5-4-8(7-10(9)14-11)3-1-2-6-12(16,23(17,18)19)24(20,21)22/h4-5,7,16H,1-3,6H2,(H2,13,14,15)(H2,17,18,19)(H2,20,21,22). The minimum atomic E-state index is -5.40. The van der Waals surface area contributed by atoms with Crippen LogP contribution in [0.3, 0.4) is 0 Å². The van der Waals surface area contributed by atoms with Gasteiger partial charge in [0.15, 0.2) is 0 Å². The second-order valence-electron chi connectivity index (χ2n) is 5.53. The van der Waals surface area contributed by atoms with Crippen molar-refractivity contribution in [3.63, 3.8) is 0 Å². The van der Waals surface area contributed by atoms with Gasteiger partial charge in [-0.15, -0.1) is 0 Å². The number of aryl methyl sites for hydroxylation is 1. The summed E-state index contributed by atoms with van der Waals surface area (Å²) >= 11 is 0. The molecule has 0 fully saturated rings. The molecule has 0 spiro atoms. The summed E-state index contributed by atoms with van der Waals surface area (Å²) in [5, 5.41) is 6.39. The van der Waals surface area contributed by atoms with Crippen LogP contribution in [0.15, 0.2) is 23.0 Å². The van der Waals surface area contributed by atoms with E-state index < -0.39 is 26.7 Å². The van der Waals surface area contributed by atoms with Crippen molar-refractivity contribution in [2.24, 2.45) is 0 Å². The first kappa shape index (κ1) is 19.1. The number of hydrogen-bond acceptors (Lipinski definition) is 4. The lowest BCUT2D eigenvalue weighted by molar-refractivity contribution is 0.120. The maximum atomic E-state index is 11.2. The van der Waals surface area contributed by atoms with Crippen molar-refractivity contribution in [3.05, 3.63) is 34.2 Å². The predicted octanol–water partition coefficient (Wildman–Crippen LogP) is 0.570. The van der Waals surface area contributed by atoms with Crippen LogP contribution in [0.4, 0.5) is 0 Å². The van der Waals surface area contributed by atoms with Crippen LogP contribution in [0.25, 0.3) is 11.0 Å². The van der Waals surface area contributed by atoms with E-state index in [0.717, 1.165) is 5.56 Å². The summed E-state index contributed by atoms with van der Waals surface area (Å²) in [5.74, 6) is 0. The summed E-state index contributed by atoms with van der Waals surface area (Å²) in [4.78, 5) is 52.5. The number of fused-ring (bicyclic) bond motifs is 1. The first-order valence-corrected chi connectivity index (χ1v) is 10.2. The van der Waals surface area contributed by atoms with Crippen molar-refractivity contribution in [3.8, 4) is 0 Å². The summed E-state index contributed by atoms with van der Waals surface area (Å²) < 4.78 is 22.5. The molecule has 10 nitrogen and oxygen atoms in total. The Bertz CT molecular complexity index is 855. The van der Waals surface area contributed by atoms with E-state index in [-0.39, 0.29) is 12.1 Å². The highest BCUT2D eigenvalue weighted by Gasteiger charge is 2.58. The fourth-order valence-electron chi connectivity index (χ4n) is 2.39. The molecule has 1 aromatic heterocycles. The third kappa shape index (κ3) is 3.87. The number of aliphatic hydroxyl groups is 1. The molecular formula is C12H18N2O8P2. The lowest BCUT2D eigenvalue weighted by atomic mass is 10.1. The van der Waals surface area contributed by atoms with Crippen LogP contribution in [0.2, 0.25) is 0 Å². The molecule has 0 aliphatic heterocycles. The van der Waals surface area contributed by atoms with Crippen LogP contribution in [-0.4, -0.2) is 39.7 Å². The Labute approximate surface area is 135 Å². The molecular weight excluding hydrogens is 362 g/mol. The third-order valence-electron chi connectivity index (χ3n) is 3.74. The molecule has 7 N–H and O–H groups in total. The second-order valence-corrected chi connectivity index (χ2v) is 9.54. The largest absolute Gasteiger partial charge is 0.369 e. The van der Waals surface area contributed by atoms with Crippen molar-refractivity contribution in [2.45, 2.75) is 30.8 Å². The summed E-state index contributed by atoms with van der Waals surface area (Å²) in [7, 11) is -10.8. The molecule has 0 aliphatic rings. The van der Waals surface area contributed by atoms with E-state index in [0.29, 0.717) is 23.9 Å². The van der Waals surface area contributed by atoms with Gasteiger partial charge in [-0.25, -0.2) is 4.79 Å². The molecule has 0 atom stereocenters. The molecule has 0 radical (unpaired) electrons. The van der Waals surface area contributed by atoms with Crippen molar-refractivity contribution in [1.82, 2.24) is 9.97 Å². The molecule has 0 saturated heterocycles. The van der Waals surface area contributed by atoms with Crippen LogP contribution in [0.1, 0.15) is 24.8 Å². The van der Waals surface area contributed by atoms with E-state index in [1.165, 1.54) is 0 Å². The average molecular weight is 380 g/mol. The van der Waals surface area contributed by atoms with Crippen molar-refractivity contribution < 1.29 is 33.8 Å². The van der Waals surface area contributed by atoms with Crippen LogP contribution >= 0.6 is 15.2 Å². The van der Waals surface area contributed by atoms with Gasteiger partial charge in [-0.05, 0) is 43.4 Å². The molecule has 0 aliphatic carbocycles. The van der Waals surface area contributed by atoms with E-state index in [2.05, 4.69) is 9.97 Å². The molecule has 0 saturated carbocycles. The lowest BCUT2D eigenvalue weighted by Crippen LogP contribution is -2.28. The Morgan fingerprint density at radius 2 is 1.54 bits per heavy atom. The Kier molecular flexibility index (Phi) is 5.22. The van der Waals surface area contributed by atoms with Gasteiger partial charge >= 0.3 is 20.9 Å². The maximum Gasteiger partial charge on any atom is 0.369 e. The fourth-order valence-corrected chi connectivity index (χ4v) is 4.64. The molecule has 0 bridgehead atoms. The predicted molar refractivity (Wildman–Crippen MR) is 85.5 cm³/mol. The number of benzene rings is 1. The Balaban J connectivity index is 2.01. The zero-order chi connectivity index (χ0) is 18.2. The van der Waals surface area contributed by atoms with Crippen molar-refractivity contribution in [2.75, 3.05) is 0 Å². The second kappa shape index (κ2) is 6.57. The lowest BCUT2D eigenvalue weighted by Gasteiger charge is -2.29. The van der Waals surface area contributed by atoms with E-state index in [1.54, 1.807) is 18.2 Å². The van der Waals surface area contributed by atoms with Gasteiger partial charge in [-0.2, -0.15) is 0 Å². The number of hydrogen-bond donors (Lipinski definition) is 7. The number of unbranched alkanes of at least 4 members (excludes halogenated alkanes) is 1. The SMILES string of the molecule is O=c1[nH]c2ccc(CCCCC(O)(P(=O)(O)O)P(=O)(O)O)cc2[nH]1. The number of rotatable bonds is 7. The van der Waals surface area contributed by atoms with E-state index in [9.17, 15) is 19.0 Å². The quantitative estimate of drug-likeness (QED) is 0.268. The van der Waals surface area contributed by atoms with Gasteiger partial charge in [0.2, 0.25) is 0 Å². The van der Waals surface area contributed by atoms with E-state index in [1.807, 2.05) is 0 Å². The van der Waals surface area contributed by atoms with E-state index >= 15 is 0 Å². The first-order valence-electron chi connectivity index (χ1n) is 6.99. The molecule has 12 heteroatoms. The van der Waals surface area contributed by atoms with E-state index in [4.69, 9.17) is 19.6 Å². The molecule has 2 rings (SSSR count). The maximum absolute atomic E-state index is 11.2. The topological polar surface area (TPSA) is 184 Å². The average Bonchev–Trinajstić information content (AvgIpc) is 2.80. The van der Waals surface area contributed by atoms with Crippen LogP contribution in [0, 0.1) is 0 Å². The number of H-pyrrole nitrogens is 2. The zero-order valence-electron chi connectivity index (χ0n) is 12.4. The fraction of sp³-hybridized carbons (Fsp3) is 0.417. The molecule has 2 aromatic rings. The molecule has 134 valence electrons. The molecule has 1 heterocycles. The van der Waals surface area contributed by atoms with Crippen LogP contribution < -0.4 is 5.69 Å². The minimum absolute atomic E-state index is 0.00554. The highest BCUT2D eigenvalue weighted by Crippen LogP contribution is 2.69. The van der Waals surface area contributed by atoms with Gasteiger partial charge < -0.3 is 34.6 Å². The molecule has 1 aromatic carbocycles. The highest BCUT2D eigenvalue weighted by molar-refractivity contribution is 7.72. The Morgan fingerprint density at radius 3 is 2.12 bits per heavy atom. The molecule has 24 heavy (non-hydrogen) atoms. The Hall–Kier alpha value is -1.25. The smallest absolute Gasteiger partial charge is 0.368 e. The molecule has 0 amide bonds. The van der Waals surface area contributed by atoms with Crippen molar-refractivity contribution in [1.29, 1.82) is 0 Å². The van der Waals surface area contributed by atoms with Gasteiger partial charge in [0.25, 0.3) is 5.08 Å². The van der Waals surface area contributed by atoms with Gasteiger partial charge in [-0.1, -0.05) is 6.07 Å². The Morgan fingerprint density at radius 1 is 0.958 bits per heavy atom. The van der Waals surface area contributed by atoms with Gasteiger partial charge in [-0.3, -0.25) is 9.13 Å². The number of nitrogens with one attached hydrogen (secondary N) is 2. The number of imidazole rings is 1. The van der Waals surface area contributed by atoms with Crippen LogP contribution in [0.5, 0.6) is 0 Å². The van der Waals surface area contributed by atoms with Gasteiger partial charge in [0, 0.05) is 0 Å². The van der Waals surface area contributed by atoms with Gasteiger partial charge in [0.1, 0.15) is 0 Å². The summed E-state index contributed by atoms with van der Waals surface area (Å²) in [6, 6.07) is 5.18. The molecule has 0 unspecified atom stereocenters. The van der Waals surface area contributed by atoms with Crippen molar-refractivity contribution >= 4 is 26.2 Å². The zero-order valence-corrected chi connectivity index (χ0v) is 14.2. The van der Waals surface area contributed by atoms with Gasteiger partial charge in [0.05, 0.1) is 11.0 Å². The number of aromatic nitrogens is 2. The van der Waals surface area contributed by atoms with Crippen LogP contribution in [-0.2, 0) is 15.6 Å². The summed E-state index contributed by atoms with van der Waals surface area (Å²) in [5.41, 5.74) is 1.74. The monoisotopic (exact) mass is 380 g/mol. The first-order chi connectivity index (χ1) is 10.9. The summed E-state index contributed by atoms with van der Waals surface area (Å²) in [6.45, 7) is 0. The minimum Gasteiger partial charge on any atom is -0.368 e. The third-order valence-corrected chi connectivity index (χ3v) is 7.62.